The fourth-order valence-corrected chi connectivity index (χ4v) is 2.37. The second kappa shape index (κ2) is 4.89. The van der Waals surface area contributed by atoms with E-state index in [0.717, 1.165) is 10.9 Å². The lowest BCUT2D eigenvalue weighted by Gasteiger charge is -1.97. The molecular weight excluding hydrogens is 270 g/mol. The van der Waals surface area contributed by atoms with Crippen molar-refractivity contribution in [3.63, 3.8) is 0 Å². The van der Waals surface area contributed by atoms with Crippen LogP contribution in [0.4, 0.5) is 8.78 Å². The van der Waals surface area contributed by atoms with Gasteiger partial charge in [-0.2, -0.15) is 4.98 Å². The summed E-state index contributed by atoms with van der Waals surface area (Å²) in [6.07, 6.45) is 0.201. The maximum absolute atomic E-state index is 13.1. The van der Waals surface area contributed by atoms with Gasteiger partial charge >= 0.3 is 0 Å². The highest BCUT2D eigenvalue weighted by Gasteiger charge is 2.11. The first kappa shape index (κ1) is 12.0. The molecule has 0 saturated heterocycles. The zero-order valence-electron chi connectivity index (χ0n) is 9.64. The summed E-state index contributed by atoms with van der Waals surface area (Å²) in [4.78, 5) is 5.08. The molecule has 3 aromatic rings. The molecule has 0 saturated carbocycles. The Morgan fingerprint density at radius 1 is 1.16 bits per heavy atom. The van der Waals surface area contributed by atoms with E-state index < -0.39 is 11.6 Å². The Balaban J connectivity index is 1.84. The molecule has 0 bridgehead atoms. The molecule has 0 amide bonds. The van der Waals surface area contributed by atoms with Crippen LogP contribution >= 0.6 is 11.3 Å². The minimum atomic E-state index is -0.618. The maximum atomic E-state index is 13.1. The van der Waals surface area contributed by atoms with Gasteiger partial charge in [-0.1, -0.05) is 11.2 Å². The lowest BCUT2D eigenvalue weighted by atomic mass is 10.1. The zero-order chi connectivity index (χ0) is 13.2. The van der Waals surface area contributed by atoms with Crippen molar-refractivity contribution in [2.45, 2.75) is 6.42 Å². The van der Waals surface area contributed by atoms with Gasteiger partial charge < -0.3 is 4.52 Å². The first-order valence-corrected chi connectivity index (χ1v) is 6.40. The average molecular weight is 278 g/mol. The van der Waals surface area contributed by atoms with Crippen LogP contribution in [0.2, 0.25) is 0 Å². The summed E-state index contributed by atoms with van der Waals surface area (Å²) in [5.74, 6) is -0.420. The molecule has 3 nitrogen and oxygen atoms in total. The lowest BCUT2D eigenvalue weighted by Crippen LogP contribution is -1.91. The van der Waals surface area contributed by atoms with Crippen LogP contribution in [0.15, 0.2) is 40.2 Å². The van der Waals surface area contributed by atoms with Crippen molar-refractivity contribution in [3.8, 4) is 10.7 Å². The van der Waals surface area contributed by atoms with Gasteiger partial charge in [-0.25, -0.2) is 8.78 Å². The van der Waals surface area contributed by atoms with E-state index in [1.807, 2.05) is 17.5 Å². The van der Waals surface area contributed by atoms with Gasteiger partial charge in [0.2, 0.25) is 11.7 Å². The predicted molar refractivity (Wildman–Crippen MR) is 66.8 cm³/mol. The molecule has 0 N–H and O–H groups in total. The highest BCUT2D eigenvalue weighted by atomic mass is 32.1. The molecule has 0 fully saturated rings. The molecule has 2 heterocycles. The summed E-state index contributed by atoms with van der Waals surface area (Å²) >= 11 is 1.50. The lowest BCUT2D eigenvalue weighted by molar-refractivity contribution is 0.385. The first-order chi connectivity index (χ1) is 9.20. The van der Waals surface area contributed by atoms with Gasteiger partial charge in [0.15, 0.2) is 0 Å². The van der Waals surface area contributed by atoms with E-state index >= 15 is 0 Å². The molecule has 0 unspecified atom stereocenters. The fourth-order valence-electron chi connectivity index (χ4n) is 1.72. The summed E-state index contributed by atoms with van der Waals surface area (Å²) < 4.78 is 31.2. The summed E-state index contributed by atoms with van der Waals surface area (Å²) in [7, 11) is 0. The molecule has 6 heteroatoms. The van der Waals surface area contributed by atoms with Crippen molar-refractivity contribution in [2.24, 2.45) is 0 Å². The van der Waals surface area contributed by atoms with Crippen LogP contribution in [0, 0.1) is 11.6 Å². The molecule has 96 valence electrons. The van der Waals surface area contributed by atoms with Gasteiger partial charge in [-0.05, 0) is 29.1 Å². The molecule has 0 aliphatic rings. The van der Waals surface area contributed by atoms with E-state index in [9.17, 15) is 8.78 Å². The van der Waals surface area contributed by atoms with E-state index in [4.69, 9.17) is 4.52 Å². The first-order valence-electron chi connectivity index (χ1n) is 5.52. The van der Waals surface area contributed by atoms with Gasteiger partial charge in [0, 0.05) is 6.07 Å². The topological polar surface area (TPSA) is 38.9 Å². The SMILES string of the molecule is Fc1cc(F)cc(Cc2nc(-c3cccs3)no2)c1. The average Bonchev–Trinajstić information content (AvgIpc) is 2.96. The van der Waals surface area contributed by atoms with Gasteiger partial charge in [0.25, 0.3) is 0 Å². The van der Waals surface area contributed by atoms with Crippen molar-refractivity contribution in [2.75, 3.05) is 0 Å². The normalized spacial score (nSPS) is 10.8. The van der Waals surface area contributed by atoms with E-state index in [0.29, 0.717) is 17.3 Å². The smallest absolute Gasteiger partial charge is 0.231 e. The van der Waals surface area contributed by atoms with Crippen LogP contribution in [0.25, 0.3) is 10.7 Å². The van der Waals surface area contributed by atoms with Crippen molar-refractivity contribution in [1.82, 2.24) is 10.1 Å². The molecule has 0 atom stereocenters. The van der Waals surface area contributed by atoms with Crippen LogP contribution in [-0.4, -0.2) is 10.1 Å². The standard InChI is InChI=1S/C13H8F2N2OS/c14-9-4-8(5-10(15)7-9)6-12-16-13(17-18-12)11-2-1-3-19-11/h1-5,7H,6H2. The Morgan fingerprint density at radius 2 is 1.95 bits per heavy atom. The Morgan fingerprint density at radius 3 is 2.63 bits per heavy atom. The Kier molecular flexibility index (Phi) is 3.08. The molecule has 0 spiro atoms. The Bertz CT molecular complexity index is 674. The van der Waals surface area contributed by atoms with Crippen LogP contribution < -0.4 is 0 Å². The largest absolute Gasteiger partial charge is 0.339 e. The number of aromatic nitrogens is 2. The number of nitrogens with zero attached hydrogens (tertiary/aromatic N) is 2. The third-order valence-corrected chi connectivity index (χ3v) is 3.35. The van der Waals surface area contributed by atoms with Crippen molar-refractivity contribution < 1.29 is 13.3 Å². The Hall–Kier alpha value is -2.08. The third kappa shape index (κ3) is 2.68. The van der Waals surface area contributed by atoms with Crippen molar-refractivity contribution in [3.05, 3.63) is 58.8 Å². The van der Waals surface area contributed by atoms with Gasteiger partial charge in [-0.3, -0.25) is 0 Å². The molecule has 1 aromatic carbocycles. The quantitative estimate of drug-likeness (QED) is 0.733. The monoisotopic (exact) mass is 278 g/mol. The number of benzene rings is 1. The van der Waals surface area contributed by atoms with Crippen LogP contribution in [-0.2, 0) is 6.42 Å². The van der Waals surface area contributed by atoms with E-state index in [1.165, 1.54) is 23.5 Å². The van der Waals surface area contributed by atoms with Crippen molar-refractivity contribution >= 4 is 11.3 Å². The number of hydrogen-bond acceptors (Lipinski definition) is 4. The van der Waals surface area contributed by atoms with Crippen molar-refractivity contribution in [1.29, 1.82) is 0 Å². The summed E-state index contributed by atoms with van der Waals surface area (Å²) in [5, 5.41) is 5.75. The highest BCUT2D eigenvalue weighted by Crippen LogP contribution is 2.22. The van der Waals surface area contributed by atoms with Gasteiger partial charge in [-0.15, -0.1) is 11.3 Å². The van der Waals surface area contributed by atoms with E-state index in [2.05, 4.69) is 10.1 Å². The van der Waals surface area contributed by atoms with Crippen LogP contribution in [0.1, 0.15) is 11.5 Å². The molecular formula is C13H8F2N2OS. The van der Waals surface area contributed by atoms with E-state index in [1.54, 1.807) is 0 Å². The maximum Gasteiger partial charge on any atom is 0.231 e. The second-order valence-electron chi connectivity index (χ2n) is 3.94. The van der Waals surface area contributed by atoms with Crippen LogP contribution in [0.5, 0.6) is 0 Å². The van der Waals surface area contributed by atoms with E-state index in [-0.39, 0.29) is 6.42 Å². The zero-order valence-corrected chi connectivity index (χ0v) is 10.5. The molecule has 19 heavy (non-hydrogen) atoms. The number of rotatable bonds is 3. The second-order valence-corrected chi connectivity index (χ2v) is 4.89. The third-order valence-electron chi connectivity index (χ3n) is 2.49. The summed E-state index contributed by atoms with van der Waals surface area (Å²) in [6, 6.07) is 7.09. The Labute approximate surface area is 111 Å². The number of hydrogen-bond donors (Lipinski definition) is 0. The summed E-state index contributed by atoms with van der Waals surface area (Å²) in [6.45, 7) is 0. The van der Waals surface area contributed by atoms with Crippen LogP contribution in [0.3, 0.4) is 0 Å². The fraction of sp³-hybridized carbons (Fsp3) is 0.0769. The molecule has 0 aliphatic carbocycles. The summed E-state index contributed by atoms with van der Waals surface area (Å²) in [5.41, 5.74) is 0.457. The minimum absolute atomic E-state index is 0.201. The molecule has 0 radical (unpaired) electrons. The minimum Gasteiger partial charge on any atom is -0.339 e. The van der Waals surface area contributed by atoms with Gasteiger partial charge in [0.05, 0.1) is 11.3 Å². The predicted octanol–water partition coefficient (Wildman–Crippen LogP) is 3.67. The number of thiophene rings is 1. The van der Waals surface area contributed by atoms with Gasteiger partial charge in [0.1, 0.15) is 11.6 Å². The molecule has 0 aliphatic heterocycles. The highest BCUT2D eigenvalue weighted by molar-refractivity contribution is 7.13. The molecule has 3 rings (SSSR count). The number of halogens is 2. The molecule has 2 aromatic heterocycles.